The second-order valence-corrected chi connectivity index (χ2v) is 2.69. The molecule has 0 aliphatic carbocycles. The second kappa shape index (κ2) is 3.74. The van der Waals surface area contributed by atoms with Gasteiger partial charge in [-0.15, -0.1) is 5.10 Å². The first-order valence-corrected chi connectivity index (χ1v) is 3.70. The number of nitrogens with one attached hydrogen (secondary N) is 1. The van der Waals surface area contributed by atoms with Gasteiger partial charge in [-0.1, -0.05) is 5.10 Å². The molecule has 78 valence electrons. The fourth-order valence-electron chi connectivity index (χ4n) is 0.594. The molecule has 9 heteroatoms. The molecule has 0 fully saturated rings. The van der Waals surface area contributed by atoms with E-state index in [0.29, 0.717) is 0 Å². The summed E-state index contributed by atoms with van der Waals surface area (Å²) < 4.78 is 28.8. The Hall–Kier alpha value is -1.44. The average Bonchev–Trinajstić information content (AvgIpc) is 2.45. The zero-order valence-corrected chi connectivity index (χ0v) is 7.39. The van der Waals surface area contributed by atoms with Gasteiger partial charge in [0, 0.05) is 0 Å². The van der Waals surface area contributed by atoms with Crippen molar-refractivity contribution >= 4 is 23.5 Å². The molecule has 1 aromatic rings. The van der Waals surface area contributed by atoms with Gasteiger partial charge in [0.1, 0.15) is 0 Å². The van der Waals surface area contributed by atoms with Gasteiger partial charge in [0.15, 0.2) is 0 Å². The Balaban J connectivity index is 2.46. The van der Waals surface area contributed by atoms with Crippen LogP contribution in [-0.2, 0) is 11.3 Å². The van der Waals surface area contributed by atoms with E-state index in [2.05, 4.69) is 26.2 Å². The van der Waals surface area contributed by atoms with Crippen molar-refractivity contribution in [2.24, 2.45) is 0 Å². The number of hydrogen-bond acceptors (Lipinski definition) is 5. The van der Waals surface area contributed by atoms with Crippen LogP contribution in [0.5, 0.6) is 0 Å². The number of nitrogens with zero attached hydrogens (tertiary/aromatic N) is 2. The topological polar surface area (TPSA) is 94.0 Å². The number of rotatable bonds is 3. The molecule has 0 saturated heterocycles. The van der Waals surface area contributed by atoms with Crippen LogP contribution in [0.1, 0.15) is 5.89 Å². The summed E-state index contributed by atoms with van der Waals surface area (Å²) in [5.74, 6) is -1.73. The van der Waals surface area contributed by atoms with Gasteiger partial charge in [0.2, 0.25) is 5.89 Å². The van der Waals surface area contributed by atoms with Crippen LogP contribution in [0.25, 0.3) is 0 Å². The van der Waals surface area contributed by atoms with E-state index >= 15 is 0 Å². The van der Waals surface area contributed by atoms with Crippen molar-refractivity contribution in [3.05, 3.63) is 5.89 Å². The van der Waals surface area contributed by atoms with Crippen LogP contribution in [0.3, 0.4) is 0 Å². The van der Waals surface area contributed by atoms with E-state index in [1.165, 1.54) is 0 Å². The van der Waals surface area contributed by atoms with Crippen LogP contribution in [0.2, 0.25) is 0 Å². The number of carbonyl (C=O) groups is 1. The predicted molar refractivity (Wildman–Crippen MR) is 41.4 cm³/mol. The van der Waals surface area contributed by atoms with E-state index in [1.54, 1.807) is 5.32 Å². The number of halogens is 3. The van der Waals surface area contributed by atoms with E-state index in [1.807, 2.05) is 0 Å². The van der Waals surface area contributed by atoms with Crippen LogP contribution in [0, 0.1) is 0 Å². The standard InChI is InChI=1S/C5H5ClF2N4O2/c6-5(7,8)3(13)10-1-2-11-12-4(9)14-2/h1H2,(H2,9,12)(H,10,13). The van der Waals surface area contributed by atoms with Gasteiger partial charge in [0.25, 0.3) is 0 Å². The van der Waals surface area contributed by atoms with Gasteiger partial charge in [-0.25, -0.2) is 0 Å². The summed E-state index contributed by atoms with van der Waals surface area (Å²) in [6.45, 7) is -0.356. The highest BCUT2D eigenvalue weighted by Gasteiger charge is 2.35. The van der Waals surface area contributed by atoms with Crippen molar-refractivity contribution in [2.75, 3.05) is 5.73 Å². The molecule has 1 amide bonds. The van der Waals surface area contributed by atoms with E-state index < -0.39 is 11.3 Å². The highest BCUT2D eigenvalue weighted by atomic mass is 35.5. The molecule has 3 N–H and O–H groups in total. The summed E-state index contributed by atoms with van der Waals surface area (Å²) >= 11 is 4.42. The zero-order chi connectivity index (χ0) is 10.8. The molecule has 0 radical (unpaired) electrons. The monoisotopic (exact) mass is 226 g/mol. The molecular weight excluding hydrogens is 222 g/mol. The summed E-state index contributed by atoms with van der Waals surface area (Å²) in [6, 6.07) is -0.216. The van der Waals surface area contributed by atoms with Gasteiger partial charge in [-0.05, 0) is 11.6 Å². The molecule has 6 nitrogen and oxygen atoms in total. The second-order valence-electron chi connectivity index (χ2n) is 2.21. The predicted octanol–water partition coefficient (Wildman–Crippen LogP) is 0.0996. The number of hydrogen-bond donors (Lipinski definition) is 2. The summed E-state index contributed by atoms with van der Waals surface area (Å²) in [5.41, 5.74) is 5.04. The Morgan fingerprint density at radius 1 is 1.64 bits per heavy atom. The van der Waals surface area contributed by atoms with Crippen molar-refractivity contribution in [3.63, 3.8) is 0 Å². The minimum Gasteiger partial charge on any atom is -0.406 e. The molecule has 1 aromatic heterocycles. The van der Waals surface area contributed by atoms with Gasteiger partial charge >= 0.3 is 17.3 Å². The lowest BCUT2D eigenvalue weighted by atomic mass is 10.5. The van der Waals surface area contributed by atoms with Crippen LogP contribution < -0.4 is 11.1 Å². The van der Waals surface area contributed by atoms with Crippen molar-refractivity contribution in [1.29, 1.82) is 0 Å². The average molecular weight is 227 g/mol. The third-order valence-electron chi connectivity index (χ3n) is 1.14. The van der Waals surface area contributed by atoms with Crippen molar-refractivity contribution in [3.8, 4) is 0 Å². The summed E-state index contributed by atoms with van der Waals surface area (Å²) in [5, 5.41) is 4.40. The number of nitrogens with two attached hydrogens (primary N) is 1. The van der Waals surface area contributed by atoms with Gasteiger partial charge in [-0.3, -0.25) is 4.79 Å². The van der Waals surface area contributed by atoms with E-state index in [4.69, 9.17) is 5.73 Å². The van der Waals surface area contributed by atoms with Crippen LogP contribution in [-0.4, -0.2) is 21.5 Å². The number of amides is 1. The van der Waals surface area contributed by atoms with Crippen LogP contribution in [0.15, 0.2) is 4.42 Å². The maximum Gasteiger partial charge on any atom is 0.399 e. The molecule has 0 unspecified atom stereocenters. The number of nitrogen functional groups attached to an aromatic ring is 1. The highest BCUT2D eigenvalue weighted by Crippen LogP contribution is 2.18. The number of carbonyl (C=O) groups excluding carboxylic acids is 1. The highest BCUT2D eigenvalue weighted by molar-refractivity contribution is 6.32. The normalized spacial score (nSPS) is 11.4. The third-order valence-corrected chi connectivity index (χ3v) is 1.31. The lowest BCUT2D eigenvalue weighted by Gasteiger charge is -2.06. The molecule has 1 rings (SSSR count). The Kier molecular flexibility index (Phi) is 2.84. The summed E-state index contributed by atoms with van der Waals surface area (Å²) in [6.07, 6.45) is 0. The first-order valence-electron chi connectivity index (χ1n) is 3.32. The molecule has 1 heterocycles. The molecule has 0 saturated carbocycles. The maximum absolute atomic E-state index is 12.1. The van der Waals surface area contributed by atoms with Crippen LogP contribution >= 0.6 is 11.6 Å². The molecule has 0 aliphatic heterocycles. The van der Waals surface area contributed by atoms with Gasteiger partial charge in [0.05, 0.1) is 6.54 Å². The summed E-state index contributed by atoms with van der Waals surface area (Å²) in [7, 11) is 0. The fraction of sp³-hybridized carbons (Fsp3) is 0.400. The smallest absolute Gasteiger partial charge is 0.399 e. The van der Waals surface area contributed by atoms with Gasteiger partial charge in [-0.2, -0.15) is 8.78 Å². The maximum atomic E-state index is 12.1. The van der Waals surface area contributed by atoms with E-state index in [9.17, 15) is 13.6 Å². The number of anilines is 1. The van der Waals surface area contributed by atoms with Gasteiger partial charge < -0.3 is 15.5 Å². The lowest BCUT2D eigenvalue weighted by Crippen LogP contribution is -2.35. The molecule has 0 spiro atoms. The fourth-order valence-corrected chi connectivity index (χ4v) is 0.661. The minimum absolute atomic E-state index is 0.0863. The lowest BCUT2D eigenvalue weighted by molar-refractivity contribution is -0.135. The van der Waals surface area contributed by atoms with E-state index in [-0.39, 0.29) is 18.5 Å². The number of aromatic nitrogens is 2. The molecule has 0 atom stereocenters. The Labute approximate surface area is 81.4 Å². The largest absolute Gasteiger partial charge is 0.406 e. The van der Waals surface area contributed by atoms with Crippen molar-refractivity contribution in [1.82, 2.24) is 15.5 Å². The Bertz CT molecular complexity index is 337. The van der Waals surface area contributed by atoms with Crippen molar-refractivity contribution in [2.45, 2.75) is 11.9 Å². The quantitative estimate of drug-likeness (QED) is 0.713. The Morgan fingerprint density at radius 3 is 2.71 bits per heavy atom. The van der Waals surface area contributed by atoms with Crippen LogP contribution in [0.4, 0.5) is 14.8 Å². The van der Waals surface area contributed by atoms with Crippen molar-refractivity contribution < 1.29 is 18.0 Å². The summed E-state index contributed by atoms with van der Waals surface area (Å²) in [4.78, 5) is 10.5. The minimum atomic E-state index is -3.95. The Morgan fingerprint density at radius 2 is 2.29 bits per heavy atom. The third kappa shape index (κ3) is 2.80. The van der Waals surface area contributed by atoms with E-state index in [0.717, 1.165) is 0 Å². The molecule has 0 aliphatic rings. The zero-order valence-electron chi connectivity index (χ0n) is 6.63. The first-order chi connectivity index (χ1) is 6.39. The SMILES string of the molecule is Nc1nnc(CNC(=O)C(F)(F)Cl)o1. The molecule has 0 bridgehead atoms. The molecule has 0 aromatic carbocycles. The first kappa shape index (κ1) is 10.6. The molecular formula is C5H5ClF2N4O2. The molecule has 14 heavy (non-hydrogen) atoms. The number of alkyl halides is 3.